The Morgan fingerprint density at radius 2 is 1.79 bits per heavy atom. The van der Waals surface area contributed by atoms with E-state index in [0.29, 0.717) is 0 Å². The van der Waals surface area contributed by atoms with Crippen LogP contribution in [0.15, 0.2) is 12.1 Å². The van der Waals surface area contributed by atoms with Crippen molar-refractivity contribution in [2.45, 2.75) is 40.2 Å². The fraction of sp³-hybridized carbons (Fsp3) is 0.647. The summed E-state index contributed by atoms with van der Waals surface area (Å²) in [6.45, 7) is 11.0. The van der Waals surface area contributed by atoms with Crippen LogP contribution in [0, 0.1) is 32.6 Å². The highest BCUT2D eigenvalue weighted by atomic mass is 15.1. The number of hydrogen-bond donors (Lipinski definition) is 1. The number of benzene rings is 1. The van der Waals surface area contributed by atoms with Gasteiger partial charge in [-0.15, -0.1) is 0 Å². The van der Waals surface area contributed by atoms with E-state index in [4.69, 9.17) is 5.73 Å². The number of aryl methyl sites for hydroxylation is 3. The Labute approximate surface area is 118 Å². The largest absolute Gasteiger partial charge is 0.323 e. The Kier molecular flexibility index (Phi) is 4.32. The Morgan fingerprint density at radius 3 is 2.26 bits per heavy atom. The second-order valence-corrected chi connectivity index (χ2v) is 6.61. The lowest BCUT2D eigenvalue weighted by Crippen LogP contribution is -2.31. The molecule has 2 N–H and O–H groups in total. The van der Waals surface area contributed by atoms with Gasteiger partial charge < -0.3 is 10.6 Å². The zero-order valence-electron chi connectivity index (χ0n) is 13.0. The van der Waals surface area contributed by atoms with Crippen LogP contribution in [0.5, 0.6) is 0 Å². The summed E-state index contributed by atoms with van der Waals surface area (Å²) in [5.41, 5.74) is 11.8. The molecular formula is C17H28N2. The Morgan fingerprint density at radius 1 is 1.26 bits per heavy atom. The molecule has 2 heteroatoms. The smallest absolute Gasteiger partial charge is 0.0429 e. The van der Waals surface area contributed by atoms with E-state index < -0.39 is 0 Å². The zero-order chi connectivity index (χ0) is 14.2. The number of nitrogens with zero attached hydrogens (tertiary/aromatic N) is 1. The van der Waals surface area contributed by atoms with Crippen molar-refractivity contribution in [3.63, 3.8) is 0 Å². The van der Waals surface area contributed by atoms with Gasteiger partial charge in [0, 0.05) is 19.1 Å². The van der Waals surface area contributed by atoms with Crippen LogP contribution >= 0.6 is 0 Å². The summed E-state index contributed by atoms with van der Waals surface area (Å²) in [5.74, 6) is 1.82. The van der Waals surface area contributed by atoms with E-state index in [1.807, 2.05) is 0 Å². The number of likely N-dealkylation sites (N-methyl/N-ethyl adjacent to an activating group) is 1. The lowest BCUT2D eigenvalue weighted by Gasteiger charge is -2.24. The first-order chi connectivity index (χ1) is 8.88. The molecule has 0 radical (unpaired) electrons. The van der Waals surface area contributed by atoms with Gasteiger partial charge in [-0.3, -0.25) is 0 Å². The molecule has 0 aliphatic heterocycles. The van der Waals surface area contributed by atoms with Crippen molar-refractivity contribution in [1.82, 2.24) is 4.90 Å². The third kappa shape index (κ3) is 3.58. The molecule has 0 heterocycles. The van der Waals surface area contributed by atoms with Gasteiger partial charge in [-0.25, -0.2) is 0 Å². The highest BCUT2D eigenvalue weighted by Crippen LogP contribution is 2.38. The second-order valence-electron chi connectivity index (χ2n) is 6.61. The zero-order valence-corrected chi connectivity index (χ0v) is 13.0. The maximum atomic E-state index is 6.44. The molecule has 0 amide bonds. The molecule has 1 aliphatic rings. The molecule has 3 atom stereocenters. The van der Waals surface area contributed by atoms with Gasteiger partial charge in [-0.05, 0) is 62.8 Å². The normalized spacial score (nSPS) is 23.7. The molecule has 3 unspecified atom stereocenters. The molecule has 1 saturated carbocycles. The standard InChI is InChI=1S/C17H28N2/c1-11-6-13(3)17(14(4)7-11)16(18)10-19(5)9-15-8-12(15)2/h6-7,12,15-16H,8-10,18H2,1-5H3. The highest BCUT2D eigenvalue weighted by Gasteiger charge is 2.33. The molecule has 1 fully saturated rings. The Bertz CT molecular complexity index is 430. The van der Waals surface area contributed by atoms with Crippen molar-refractivity contribution in [1.29, 1.82) is 0 Å². The number of rotatable bonds is 5. The van der Waals surface area contributed by atoms with E-state index in [1.165, 1.54) is 35.2 Å². The molecule has 0 spiro atoms. The Hall–Kier alpha value is -0.860. The first-order valence-electron chi connectivity index (χ1n) is 7.40. The van der Waals surface area contributed by atoms with E-state index in [0.717, 1.165) is 18.4 Å². The van der Waals surface area contributed by atoms with Gasteiger partial charge in [0.05, 0.1) is 0 Å². The number of nitrogens with two attached hydrogens (primary N) is 1. The van der Waals surface area contributed by atoms with E-state index in [2.05, 4.69) is 51.8 Å². The minimum Gasteiger partial charge on any atom is -0.323 e. The monoisotopic (exact) mass is 260 g/mol. The molecule has 2 rings (SSSR count). The van der Waals surface area contributed by atoms with E-state index in [9.17, 15) is 0 Å². The van der Waals surface area contributed by atoms with Gasteiger partial charge in [0.1, 0.15) is 0 Å². The molecule has 0 aromatic heterocycles. The van der Waals surface area contributed by atoms with Crippen LogP contribution in [0.1, 0.15) is 41.6 Å². The van der Waals surface area contributed by atoms with E-state index in [1.54, 1.807) is 0 Å². The predicted octanol–water partition coefficient (Wildman–Crippen LogP) is 3.20. The molecule has 106 valence electrons. The van der Waals surface area contributed by atoms with Crippen LogP contribution in [0.2, 0.25) is 0 Å². The van der Waals surface area contributed by atoms with Gasteiger partial charge in [0.15, 0.2) is 0 Å². The summed E-state index contributed by atoms with van der Waals surface area (Å²) >= 11 is 0. The van der Waals surface area contributed by atoms with Crippen LogP contribution < -0.4 is 5.73 Å². The summed E-state index contributed by atoms with van der Waals surface area (Å²) in [4.78, 5) is 2.40. The van der Waals surface area contributed by atoms with Crippen molar-refractivity contribution in [2.24, 2.45) is 17.6 Å². The van der Waals surface area contributed by atoms with Crippen LogP contribution in [0.3, 0.4) is 0 Å². The number of hydrogen-bond acceptors (Lipinski definition) is 2. The van der Waals surface area contributed by atoms with Gasteiger partial charge >= 0.3 is 0 Å². The molecule has 0 saturated heterocycles. The van der Waals surface area contributed by atoms with Crippen molar-refractivity contribution >= 4 is 0 Å². The summed E-state index contributed by atoms with van der Waals surface area (Å²) in [6.07, 6.45) is 1.39. The molecule has 1 aliphatic carbocycles. The molecule has 19 heavy (non-hydrogen) atoms. The highest BCUT2D eigenvalue weighted by molar-refractivity contribution is 5.39. The van der Waals surface area contributed by atoms with Crippen LogP contribution in [-0.2, 0) is 0 Å². The van der Waals surface area contributed by atoms with Crippen molar-refractivity contribution in [3.8, 4) is 0 Å². The van der Waals surface area contributed by atoms with E-state index >= 15 is 0 Å². The minimum atomic E-state index is 0.125. The topological polar surface area (TPSA) is 29.3 Å². The lowest BCUT2D eigenvalue weighted by molar-refractivity contribution is 0.295. The minimum absolute atomic E-state index is 0.125. The Balaban J connectivity index is 2.01. The second kappa shape index (κ2) is 5.64. The van der Waals surface area contributed by atoms with Gasteiger partial charge in [-0.1, -0.05) is 24.6 Å². The SMILES string of the molecule is Cc1cc(C)c(C(N)CN(C)CC2CC2C)c(C)c1. The summed E-state index contributed by atoms with van der Waals surface area (Å²) < 4.78 is 0. The third-order valence-corrected chi connectivity index (χ3v) is 4.44. The van der Waals surface area contributed by atoms with Crippen LogP contribution in [0.25, 0.3) is 0 Å². The van der Waals surface area contributed by atoms with Gasteiger partial charge in [-0.2, -0.15) is 0 Å². The summed E-state index contributed by atoms with van der Waals surface area (Å²) in [7, 11) is 2.20. The van der Waals surface area contributed by atoms with Gasteiger partial charge in [0.25, 0.3) is 0 Å². The maximum absolute atomic E-state index is 6.44. The first kappa shape index (κ1) is 14.5. The average molecular weight is 260 g/mol. The average Bonchev–Trinajstić information content (AvgIpc) is 2.91. The maximum Gasteiger partial charge on any atom is 0.0429 e. The first-order valence-corrected chi connectivity index (χ1v) is 7.40. The lowest BCUT2D eigenvalue weighted by atomic mass is 9.94. The predicted molar refractivity (Wildman–Crippen MR) is 82.3 cm³/mol. The van der Waals surface area contributed by atoms with Crippen molar-refractivity contribution in [2.75, 3.05) is 20.1 Å². The molecule has 0 bridgehead atoms. The molecule has 1 aromatic carbocycles. The van der Waals surface area contributed by atoms with Crippen LogP contribution in [-0.4, -0.2) is 25.0 Å². The molecule has 2 nitrogen and oxygen atoms in total. The fourth-order valence-corrected chi connectivity index (χ4v) is 3.33. The summed E-state index contributed by atoms with van der Waals surface area (Å²) in [6, 6.07) is 4.61. The van der Waals surface area contributed by atoms with E-state index in [-0.39, 0.29) is 6.04 Å². The fourth-order valence-electron chi connectivity index (χ4n) is 3.33. The third-order valence-electron chi connectivity index (χ3n) is 4.44. The van der Waals surface area contributed by atoms with Crippen molar-refractivity contribution < 1.29 is 0 Å². The van der Waals surface area contributed by atoms with Crippen LogP contribution in [0.4, 0.5) is 0 Å². The summed E-state index contributed by atoms with van der Waals surface area (Å²) in [5, 5.41) is 0. The molecular weight excluding hydrogens is 232 g/mol. The van der Waals surface area contributed by atoms with Crippen molar-refractivity contribution in [3.05, 3.63) is 34.4 Å². The quantitative estimate of drug-likeness (QED) is 0.881. The molecule has 1 aromatic rings. The van der Waals surface area contributed by atoms with Gasteiger partial charge in [0.2, 0.25) is 0 Å².